The molecule has 4 N–H and O–H groups in total. The van der Waals surface area contributed by atoms with E-state index in [2.05, 4.69) is 58.0 Å². The Morgan fingerprint density at radius 2 is 1.79 bits per heavy atom. The third kappa shape index (κ3) is 4.07. The van der Waals surface area contributed by atoms with Gasteiger partial charge in [-0.25, -0.2) is 5.84 Å². The van der Waals surface area contributed by atoms with Gasteiger partial charge >= 0.3 is 0 Å². The van der Waals surface area contributed by atoms with Crippen LogP contribution in [0, 0.1) is 0 Å². The van der Waals surface area contributed by atoms with Crippen molar-refractivity contribution in [3.8, 4) is 5.75 Å². The van der Waals surface area contributed by atoms with Crippen molar-refractivity contribution in [1.29, 1.82) is 0 Å². The Labute approximate surface area is 171 Å². The van der Waals surface area contributed by atoms with E-state index in [1.807, 2.05) is 16.9 Å². The van der Waals surface area contributed by atoms with E-state index < -0.39 is 0 Å². The number of carbonyl (C=O) groups excluding carboxylic acids is 1. The average molecular weight is 394 g/mol. The summed E-state index contributed by atoms with van der Waals surface area (Å²) in [5.74, 6) is 5.14. The maximum Gasteiger partial charge on any atom is 0.292 e. The van der Waals surface area contributed by atoms with Crippen LogP contribution in [-0.4, -0.2) is 28.1 Å². The third-order valence-electron chi connectivity index (χ3n) is 5.06. The van der Waals surface area contributed by atoms with Crippen LogP contribution in [0.15, 0.2) is 35.3 Å². The quantitative estimate of drug-likeness (QED) is 0.311. The predicted octanol–water partition coefficient (Wildman–Crippen LogP) is 4.03. The number of nitrogens with one attached hydrogen (secondary N) is 1. The lowest BCUT2D eigenvalue weighted by atomic mass is 9.79. The summed E-state index contributed by atoms with van der Waals surface area (Å²) in [6.45, 7) is 12.7. The summed E-state index contributed by atoms with van der Waals surface area (Å²) >= 11 is 0. The van der Waals surface area contributed by atoms with Gasteiger partial charge in [-0.1, -0.05) is 47.6 Å². The van der Waals surface area contributed by atoms with E-state index in [0.717, 1.165) is 22.5 Å². The van der Waals surface area contributed by atoms with Gasteiger partial charge in [0.1, 0.15) is 12.0 Å². The first kappa shape index (κ1) is 20.7. The van der Waals surface area contributed by atoms with Crippen molar-refractivity contribution in [2.75, 3.05) is 0 Å². The first-order chi connectivity index (χ1) is 13.4. The molecule has 0 fully saturated rings. The minimum atomic E-state index is -0.368. The molecule has 2 aromatic carbocycles. The Morgan fingerprint density at radius 1 is 1.10 bits per heavy atom. The van der Waals surface area contributed by atoms with Gasteiger partial charge in [-0.3, -0.25) is 10.2 Å². The normalized spacial score (nSPS) is 14.9. The average Bonchev–Trinajstić information content (AvgIpc) is 3.02. The number of hydrogen-bond donors (Lipinski definition) is 3. The first-order valence-corrected chi connectivity index (χ1v) is 9.62. The van der Waals surface area contributed by atoms with Crippen molar-refractivity contribution in [1.82, 2.24) is 5.43 Å². The SMILES string of the molecule is CC(C)(C)c1cc(C=[N+]2C=Nc3ccc(C(=O)NN)cc32)c(O)c(C(C)(C)C)c1. The van der Waals surface area contributed by atoms with Crippen molar-refractivity contribution in [2.45, 2.75) is 52.4 Å². The highest BCUT2D eigenvalue weighted by atomic mass is 16.3. The van der Waals surface area contributed by atoms with Crippen LogP contribution in [0.25, 0.3) is 0 Å². The number of nitrogen functional groups attached to an aromatic ring is 1. The van der Waals surface area contributed by atoms with Gasteiger partial charge < -0.3 is 5.11 Å². The van der Waals surface area contributed by atoms with Gasteiger partial charge in [-0.2, -0.15) is 4.58 Å². The number of amides is 1. The van der Waals surface area contributed by atoms with Gasteiger partial charge in [0.25, 0.3) is 12.2 Å². The molecule has 0 aromatic heterocycles. The van der Waals surface area contributed by atoms with Crippen LogP contribution >= 0.6 is 0 Å². The van der Waals surface area contributed by atoms with Crippen molar-refractivity contribution in [3.63, 3.8) is 0 Å². The molecule has 6 nitrogen and oxygen atoms in total. The molecule has 0 spiro atoms. The second kappa shape index (κ2) is 7.12. The minimum Gasteiger partial charge on any atom is -0.507 e. The highest BCUT2D eigenvalue weighted by molar-refractivity contribution is 5.96. The van der Waals surface area contributed by atoms with E-state index in [4.69, 9.17) is 5.84 Å². The number of aromatic hydroxyl groups is 1. The smallest absolute Gasteiger partial charge is 0.292 e. The Hall–Kier alpha value is -2.99. The van der Waals surface area contributed by atoms with Crippen molar-refractivity contribution >= 4 is 29.8 Å². The molecule has 152 valence electrons. The van der Waals surface area contributed by atoms with Crippen LogP contribution in [0.2, 0.25) is 0 Å². The lowest BCUT2D eigenvalue weighted by Gasteiger charge is -2.26. The van der Waals surface area contributed by atoms with E-state index in [1.54, 1.807) is 24.5 Å². The van der Waals surface area contributed by atoms with E-state index in [1.165, 1.54) is 0 Å². The number of hydrogen-bond acceptors (Lipinski definition) is 4. The fourth-order valence-corrected chi connectivity index (χ4v) is 3.26. The summed E-state index contributed by atoms with van der Waals surface area (Å²) in [6.07, 6.45) is 3.52. The molecule has 1 aliphatic rings. The van der Waals surface area contributed by atoms with Crippen LogP contribution in [0.4, 0.5) is 11.4 Å². The van der Waals surface area contributed by atoms with Crippen LogP contribution < -0.4 is 11.3 Å². The summed E-state index contributed by atoms with van der Waals surface area (Å²) in [5.41, 5.74) is 6.54. The summed E-state index contributed by atoms with van der Waals surface area (Å²) in [5, 5.41) is 11.0. The van der Waals surface area contributed by atoms with E-state index in [0.29, 0.717) is 11.1 Å². The van der Waals surface area contributed by atoms with E-state index in [-0.39, 0.29) is 22.5 Å². The lowest BCUT2D eigenvalue weighted by Crippen LogP contribution is -2.29. The Balaban J connectivity index is 2.18. The van der Waals surface area contributed by atoms with Crippen LogP contribution in [0.5, 0.6) is 5.75 Å². The maximum absolute atomic E-state index is 11.9. The van der Waals surface area contributed by atoms with Crippen molar-refractivity contribution in [2.24, 2.45) is 10.8 Å². The number of phenolic OH excluding ortho intramolecular Hbond substituents is 1. The highest BCUT2D eigenvalue weighted by Crippen LogP contribution is 2.38. The second-order valence-electron chi connectivity index (χ2n) is 9.42. The molecule has 0 aliphatic carbocycles. The molecule has 0 unspecified atom stereocenters. The number of carbonyl (C=O) groups is 1. The molecule has 2 aromatic rings. The molecule has 0 saturated carbocycles. The Morgan fingerprint density at radius 3 is 2.38 bits per heavy atom. The summed E-state index contributed by atoms with van der Waals surface area (Å²) in [4.78, 5) is 16.3. The van der Waals surface area contributed by atoms with Crippen LogP contribution in [0.3, 0.4) is 0 Å². The Bertz CT molecular complexity index is 1040. The largest absolute Gasteiger partial charge is 0.507 e. The molecule has 0 radical (unpaired) electrons. The van der Waals surface area contributed by atoms with Crippen LogP contribution in [-0.2, 0) is 10.8 Å². The minimum absolute atomic E-state index is 0.0698. The molecular formula is C23H29N4O2+. The zero-order chi connectivity index (χ0) is 21.6. The fraction of sp³-hybridized carbons (Fsp3) is 0.348. The van der Waals surface area contributed by atoms with Gasteiger partial charge in [-0.05, 0) is 39.6 Å². The monoisotopic (exact) mass is 393 g/mol. The lowest BCUT2D eigenvalue weighted by molar-refractivity contribution is -0.282. The fourth-order valence-electron chi connectivity index (χ4n) is 3.26. The van der Waals surface area contributed by atoms with Crippen LogP contribution in [0.1, 0.15) is 68.6 Å². The van der Waals surface area contributed by atoms with Crippen molar-refractivity contribution in [3.05, 3.63) is 52.6 Å². The first-order valence-electron chi connectivity index (χ1n) is 9.62. The highest BCUT2D eigenvalue weighted by Gasteiger charge is 2.27. The number of aliphatic imine (C=N–C) groups is 1. The second-order valence-corrected chi connectivity index (χ2v) is 9.42. The zero-order valence-electron chi connectivity index (χ0n) is 17.9. The summed E-state index contributed by atoms with van der Waals surface area (Å²) < 4.78 is 1.82. The Kier molecular flexibility index (Phi) is 5.09. The molecule has 0 bridgehead atoms. The topological polar surface area (TPSA) is 90.7 Å². The molecule has 29 heavy (non-hydrogen) atoms. The van der Waals surface area contributed by atoms with Gasteiger partial charge in [0.15, 0.2) is 5.69 Å². The van der Waals surface area contributed by atoms with E-state index in [9.17, 15) is 9.90 Å². The number of nitrogens with zero attached hydrogens (tertiary/aromatic N) is 2. The zero-order valence-corrected chi connectivity index (χ0v) is 17.9. The molecule has 1 amide bonds. The molecule has 1 aliphatic heterocycles. The number of hydrazine groups is 1. The number of fused-ring (bicyclic) bond motifs is 1. The van der Waals surface area contributed by atoms with Gasteiger partial charge in [-0.15, -0.1) is 0 Å². The molecule has 0 atom stereocenters. The molecule has 6 heteroatoms. The number of nitrogens with two attached hydrogens (primary N) is 1. The van der Waals surface area contributed by atoms with Gasteiger partial charge in [0.05, 0.1) is 5.56 Å². The predicted molar refractivity (Wildman–Crippen MR) is 117 cm³/mol. The van der Waals surface area contributed by atoms with Crippen molar-refractivity contribution < 1.29 is 14.5 Å². The third-order valence-corrected chi connectivity index (χ3v) is 5.06. The molecular weight excluding hydrogens is 364 g/mol. The molecule has 0 saturated heterocycles. The standard InChI is InChI=1S/C23H28N4O2/c1-22(2,3)16-9-15(20(28)17(11-16)23(4,5)6)12-27-13-25-18-8-7-14(10-19(18)27)21(29)26-24/h7-13H,24H2,1-6H3,(H,26,29)/p+1. The van der Waals surface area contributed by atoms with Gasteiger partial charge in [0, 0.05) is 17.2 Å². The maximum atomic E-state index is 11.9. The van der Waals surface area contributed by atoms with E-state index >= 15 is 0 Å². The number of benzene rings is 2. The van der Waals surface area contributed by atoms with Gasteiger partial charge in [0.2, 0.25) is 5.69 Å². The summed E-state index contributed by atoms with van der Waals surface area (Å²) in [6, 6.07) is 9.28. The molecule has 1 heterocycles. The summed E-state index contributed by atoms with van der Waals surface area (Å²) in [7, 11) is 0. The number of rotatable bonds is 2. The number of phenols is 1. The molecule has 3 rings (SSSR count).